The van der Waals surface area contributed by atoms with E-state index < -0.39 is 0 Å². The van der Waals surface area contributed by atoms with E-state index in [4.69, 9.17) is 14.4 Å². The van der Waals surface area contributed by atoms with E-state index >= 15 is 0 Å². The Morgan fingerprint density at radius 1 is 0.979 bits per heavy atom. The fraction of sp³-hybridized carbons (Fsp3) is 0.351. The van der Waals surface area contributed by atoms with Crippen LogP contribution in [0, 0.1) is 13.8 Å². The molecule has 1 amide bonds. The van der Waals surface area contributed by atoms with Crippen molar-refractivity contribution >= 4 is 28.3 Å². The van der Waals surface area contributed by atoms with Crippen molar-refractivity contribution in [2.45, 2.75) is 52.4 Å². The maximum atomic E-state index is 12.7. The molecule has 2 saturated heterocycles. The summed E-state index contributed by atoms with van der Waals surface area (Å²) < 4.78 is 6.27. The third-order valence-corrected chi connectivity index (χ3v) is 9.86. The van der Waals surface area contributed by atoms with Gasteiger partial charge in [-0.1, -0.05) is 24.3 Å². The second-order valence-corrected chi connectivity index (χ2v) is 13.1. The van der Waals surface area contributed by atoms with Crippen molar-refractivity contribution in [1.29, 1.82) is 0 Å². The van der Waals surface area contributed by atoms with Gasteiger partial charge in [-0.05, 0) is 91.9 Å². The van der Waals surface area contributed by atoms with Gasteiger partial charge >= 0.3 is 0 Å². The molecular formula is C37H39N7O3. The number of aliphatic hydroxyl groups excluding tert-OH is 1. The summed E-state index contributed by atoms with van der Waals surface area (Å²) in [5.41, 5.74) is 9.11. The van der Waals surface area contributed by atoms with Gasteiger partial charge in [0.05, 0.1) is 25.7 Å². The minimum atomic E-state index is -0.236. The average molecular weight is 630 g/mol. The van der Waals surface area contributed by atoms with Crippen molar-refractivity contribution < 1.29 is 14.3 Å². The number of carbonyl (C=O) groups is 1. The Morgan fingerprint density at radius 2 is 1.79 bits per heavy atom. The third kappa shape index (κ3) is 5.77. The number of β-amino-alcohol motifs (C(OH)–C–C–N with tert-alkyl or cyclic N) is 1. The highest BCUT2D eigenvalue weighted by Crippen LogP contribution is 2.38. The molecular weight excluding hydrogens is 590 g/mol. The topological polar surface area (TPSA) is 111 Å². The maximum absolute atomic E-state index is 12.7. The predicted octanol–water partition coefficient (Wildman–Crippen LogP) is 5.43. The molecule has 6 heterocycles. The monoisotopic (exact) mass is 629 g/mol. The van der Waals surface area contributed by atoms with E-state index in [9.17, 15) is 9.90 Å². The summed E-state index contributed by atoms with van der Waals surface area (Å²) in [6.45, 7) is 10.1. The second kappa shape index (κ2) is 12.2. The molecule has 3 aliphatic heterocycles. The van der Waals surface area contributed by atoms with Crippen molar-refractivity contribution in [3.05, 3.63) is 89.1 Å². The first-order valence-electron chi connectivity index (χ1n) is 16.5. The number of aromatic nitrogens is 3. The number of fused-ring (bicyclic) bond motifs is 2. The van der Waals surface area contributed by atoms with Crippen molar-refractivity contribution in [3.63, 3.8) is 0 Å². The summed E-state index contributed by atoms with van der Waals surface area (Å²) in [6.07, 6.45) is 5.49. The standard InChI is InChI=1S/C37H39N7O3/c1-23-28(6-3-8-30(23)37-41-32-20-44(21-33(32)47-37)34(46)22-42-13-5-14-42)29-7-4-9-31(24(29)2)40-36-35-26(10-12-38-36)16-25(17-39-35)18-43-15-11-27(45)19-43/h3-4,6-10,12,16-17,27,45H,5,11,13-15,18-22H2,1-2H3,(H,38,40)/t27-/m1/s1. The fourth-order valence-corrected chi connectivity index (χ4v) is 7.01. The zero-order valence-corrected chi connectivity index (χ0v) is 26.9. The summed E-state index contributed by atoms with van der Waals surface area (Å²) in [4.78, 5) is 33.3. The van der Waals surface area contributed by atoms with E-state index in [-0.39, 0.29) is 12.0 Å². The lowest BCUT2D eigenvalue weighted by Gasteiger charge is -2.31. The number of hydrogen-bond acceptors (Lipinski definition) is 9. The number of amides is 1. The van der Waals surface area contributed by atoms with Gasteiger partial charge in [-0.25, -0.2) is 9.97 Å². The molecule has 0 unspecified atom stereocenters. The molecule has 3 aromatic heterocycles. The second-order valence-electron chi connectivity index (χ2n) is 13.1. The Balaban J connectivity index is 1.02. The SMILES string of the molecule is Cc1c(Nc2nccc3cc(CN4CC[C@@H](O)C4)cnc23)cccc1-c1cccc(-c2nc3c(o2)CN(C(=O)CN2CCC2)C3)c1C. The van der Waals surface area contributed by atoms with E-state index in [1.807, 2.05) is 29.4 Å². The Labute approximate surface area is 274 Å². The highest BCUT2D eigenvalue weighted by atomic mass is 16.4. The van der Waals surface area contributed by atoms with Crippen LogP contribution < -0.4 is 5.32 Å². The van der Waals surface area contributed by atoms with Gasteiger partial charge in [0.15, 0.2) is 5.82 Å². The third-order valence-electron chi connectivity index (χ3n) is 9.86. The number of anilines is 2. The van der Waals surface area contributed by atoms with Crippen LogP contribution in [-0.4, -0.2) is 79.5 Å². The molecule has 3 aliphatic rings. The Morgan fingerprint density at radius 3 is 2.55 bits per heavy atom. The number of oxazole rings is 1. The molecule has 0 spiro atoms. The first-order chi connectivity index (χ1) is 22.9. The summed E-state index contributed by atoms with van der Waals surface area (Å²) in [7, 11) is 0. The Bertz CT molecular complexity index is 1960. The highest BCUT2D eigenvalue weighted by Gasteiger charge is 2.31. The van der Waals surface area contributed by atoms with Crippen LogP contribution in [0.1, 0.15) is 41.0 Å². The van der Waals surface area contributed by atoms with Gasteiger partial charge in [0, 0.05) is 48.7 Å². The largest absolute Gasteiger partial charge is 0.439 e. The minimum absolute atomic E-state index is 0.139. The van der Waals surface area contributed by atoms with Crippen LogP contribution in [0.4, 0.5) is 11.5 Å². The van der Waals surface area contributed by atoms with E-state index in [0.29, 0.717) is 37.9 Å². The molecule has 5 aromatic rings. The van der Waals surface area contributed by atoms with E-state index in [1.54, 1.807) is 0 Å². The lowest BCUT2D eigenvalue weighted by Crippen LogP contribution is -2.44. The number of rotatable bonds is 8. The molecule has 2 N–H and O–H groups in total. The normalized spacial score (nSPS) is 18.1. The Hall–Kier alpha value is -4.64. The highest BCUT2D eigenvalue weighted by molar-refractivity contribution is 5.91. The lowest BCUT2D eigenvalue weighted by molar-refractivity contribution is -0.134. The fourth-order valence-electron chi connectivity index (χ4n) is 7.01. The number of benzene rings is 2. The Kier molecular flexibility index (Phi) is 7.71. The molecule has 240 valence electrons. The van der Waals surface area contributed by atoms with Crippen LogP contribution in [0.5, 0.6) is 0 Å². The molecule has 0 saturated carbocycles. The summed E-state index contributed by atoms with van der Waals surface area (Å²) in [5.74, 6) is 2.23. The van der Waals surface area contributed by atoms with Gasteiger partial charge in [0.2, 0.25) is 11.8 Å². The van der Waals surface area contributed by atoms with Crippen LogP contribution in [0.2, 0.25) is 0 Å². The zero-order valence-electron chi connectivity index (χ0n) is 26.9. The smallest absolute Gasteiger partial charge is 0.237 e. The van der Waals surface area contributed by atoms with Gasteiger partial charge < -0.3 is 19.7 Å². The molecule has 8 rings (SSSR count). The summed E-state index contributed by atoms with van der Waals surface area (Å²) in [6, 6.07) is 16.7. The number of nitrogens with one attached hydrogen (secondary N) is 1. The van der Waals surface area contributed by atoms with Crippen LogP contribution in [0.25, 0.3) is 33.5 Å². The molecule has 1 atom stereocenters. The van der Waals surface area contributed by atoms with Crippen molar-refractivity contribution in [2.24, 2.45) is 0 Å². The molecule has 47 heavy (non-hydrogen) atoms. The van der Waals surface area contributed by atoms with Crippen molar-refractivity contribution in [1.82, 2.24) is 29.7 Å². The maximum Gasteiger partial charge on any atom is 0.237 e. The number of pyridine rings is 2. The quantitative estimate of drug-likeness (QED) is 0.232. The summed E-state index contributed by atoms with van der Waals surface area (Å²) >= 11 is 0. The zero-order chi connectivity index (χ0) is 32.1. The van der Waals surface area contributed by atoms with Gasteiger partial charge in [0.1, 0.15) is 17.0 Å². The predicted molar refractivity (Wildman–Crippen MR) is 181 cm³/mol. The van der Waals surface area contributed by atoms with Crippen LogP contribution in [0.15, 0.2) is 65.3 Å². The first kappa shape index (κ1) is 29.7. The number of likely N-dealkylation sites (tertiary alicyclic amines) is 2. The molecule has 2 aromatic carbocycles. The molecule has 0 bridgehead atoms. The van der Waals surface area contributed by atoms with E-state index in [0.717, 1.165) is 94.0 Å². The molecule has 10 heteroatoms. The molecule has 0 radical (unpaired) electrons. The number of nitrogens with zero attached hydrogens (tertiary/aromatic N) is 6. The number of carbonyl (C=O) groups excluding carboxylic acids is 1. The van der Waals surface area contributed by atoms with Crippen LogP contribution >= 0.6 is 0 Å². The number of hydrogen-bond donors (Lipinski definition) is 2. The van der Waals surface area contributed by atoms with Gasteiger partial charge in [-0.15, -0.1) is 0 Å². The average Bonchev–Trinajstić information content (AvgIpc) is 3.75. The van der Waals surface area contributed by atoms with Crippen LogP contribution in [-0.2, 0) is 24.4 Å². The number of aliphatic hydroxyl groups is 1. The molecule has 0 aliphatic carbocycles. The summed E-state index contributed by atoms with van der Waals surface area (Å²) in [5, 5.41) is 14.5. The van der Waals surface area contributed by atoms with Crippen molar-refractivity contribution in [3.8, 4) is 22.6 Å². The van der Waals surface area contributed by atoms with Gasteiger partial charge in [0.25, 0.3) is 0 Å². The minimum Gasteiger partial charge on any atom is -0.439 e. The van der Waals surface area contributed by atoms with E-state index in [1.165, 1.54) is 6.42 Å². The molecule has 2 fully saturated rings. The van der Waals surface area contributed by atoms with Crippen LogP contribution in [0.3, 0.4) is 0 Å². The van der Waals surface area contributed by atoms with E-state index in [2.05, 4.69) is 70.3 Å². The lowest BCUT2D eigenvalue weighted by atomic mass is 9.93. The first-order valence-corrected chi connectivity index (χ1v) is 16.5. The molecule has 10 nitrogen and oxygen atoms in total. The van der Waals surface area contributed by atoms with Gasteiger partial charge in [-0.3, -0.25) is 19.6 Å². The van der Waals surface area contributed by atoms with Gasteiger partial charge in [-0.2, -0.15) is 0 Å². The van der Waals surface area contributed by atoms with Crippen molar-refractivity contribution in [2.75, 3.05) is 38.0 Å².